The predicted octanol–water partition coefficient (Wildman–Crippen LogP) is 5.85. The molecule has 15 heteroatoms. The number of hydrogen-bond acceptors (Lipinski definition) is 9. The number of likely N-dealkylation sites (tertiary alicyclic amines) is 1. The number of pyridine rings is 2. The van der Waals surface area contributed by atoms with Gasteiger partial charge in [0.05, 0.1) is 12.2 Å². The minimum absolute atomic E-state index is 0.0714. The highest BCUT2D eigenvalue weighted by Crippen LogP contribution is 2.35. The van der Waals surface area contributed by atoms with Crippen molar-refractivity contribution in [3.05, 3.63) is 53.3 Å². The molecule has 3 N–H and O–H groups in total. The number of sulfonamides is 1. The second kappa shape index (κ2) is 14.9. The van der Waals surface area contributed by atoms with E-state index in [1.54, 1.807) is 18.3 Å². The molecule has 2 amide bonds. The smallest absolute Gasteiger partial charge is 0.407 e. The molecule has 4 heterocycles. The first kappa shape index (κ1) is 35.9. The van der Waals surface area contributed by atoms with Crippen molar-refractivity contribution in [2.24, 2.45) is 17.8 Å². The lowest BCUT2D eigenvalue weighted by molar-refractivity contribution is 0.0933. The highest BCUT2D eigenvalue weighted by Gasteiger charge is 2.42. The summed E-state index contributed by atoms with van der Waals surface area (Å²) in [6, 6.07) is 8.90. The summed E-state index contributed by atoms with van der Waals surface area (Å²) in [5.74, 6) is 1.36. The van der Waals surface area contributed by atoms with Gasteiger partial charge in [0.2, 0.25) is 5.88 Å². The van der Waals surface area contributed by atoms with E-state index in [-0.39, 0.29) is 21.8 Å². The summed E-state index contributed by atoms with van der Waals surface area (Å²) in [5.41, 5.74) is -0.538. The van der Waals surface area contributed by atoms with Crippen molar-refractivity contribution in [1.82, 2.24) is 29.4 Å². The summed E-state index contributed by atoms with van der Waals surface area (Å²) in [4.78, 5) is 34.6. The maximum absolute atomic E-state index is 13.1. The Labute approximate surface area is 281 Å². The number of carboxylic acid groups (broad SMARTS) is 1. The Kier molecular flexibility index (Phi) is 11.4. The average Bonchev–Trinajstić information content (AvgIpc) is 3.58. The molecule has 0 unspecified atom stereocenters. The van der Waals surface area contributed by atoms with Gasteiger partial charge in [-0.2, -0.15) is 8.42 Å². The van der Waals surface area contributed by atoms with Gasteiger partial charge in [0, 0.05) is 30.4 Å². The van der Waals surface area contributed by atoms with Gasteiger partial charge in [-0.1, -0.05) is 45.4 Å². The van der Waals surface area contributed by atoms with Crippen LogP contribution in [0.1, 0.15) is 77.6 Å². The van der Waals surface area contributed by atoms with Gasteiger partial charge in [-0.15, -0.1) is 5.10 Å². The van der Waals surface area contributed by atoms with Crippen LogP contribution < -0.4 is 14.8 Å². The van der Waals surface area contributed by atoms with Gasteiger partial charge in [-0.25, -0.2) is 24.2 Å². The Morgan fingerprint density at radius 2 is 1.83 bits per heavy atom. The lowest BCUT2D eigenvalue weighted by Gasteiger charge is -2.33. The molecule has 13 nitrogen and oxygen atoms in total. The molecule has 1 fully saturated rings. The second-order valence-electron chi connectivity index (χ2n) is 13.1. The topological polar surface area (TPSA) is 169 Å². The maximum atomic E-state index is 13.1. The van der Waals surface area contributed by atoms with Gasteiger partial charge in [-0.3, -0.25) is 4.79 Å². The lowest BCUT2D eigenvalue weighted by atomic mass is 9.86. The molecule has 1 aliphatic heterocycles. The number of nitrogens with zero attached hydrogens (tertiary/aromatic N) is 5. The summed E-state index contributed by atoms with van der Waals surface area (Å²) in [7, 11) is -4.35. The fraction of sp³-hybridized carbons (Fsp3) is 0.531. The molecule has 1 atom stereocenters. The van der Waals surface area contributed by atoms with Gasteiger partial charge < -0.3 is 20.1 Å². The first-order valence-corrected chi connectivity index (χ1v) is 17.6. The van der Waals surface area contributed by atoms with Crippen LogP contribution in [-0.4, -0.2) is 74.9 Å². The van der Waals surface area contributed by atoms with E-state index in [2.05, 4.69) is 48.1 Å². The SMILES string of the molecule is CC(C)C(COc1ccn(-c2ccc(C(=O)NS(=O)(=O)c3cccc(NCCC[C@H]4CCC(C)(C)N4C(=O)O)n3)c(Cl)n2)n1)C(C)C. The minimum Gasteiger partial charge on any atom is -0.476 e. The van der Waals surface area contributed by atoms with Crippen LogP contribution >= 0.6 is 11.6 Å². The summed E-state index contributed by atoms with van der Waals surface area (Å²) < 4.78 is 35.5. The van der Waals surface area contributed by atoms with E-state index in [4.69, 9.17) is 16.3 Å². The fourth-order valence-corrected chi connectivity index (χ4v) is 7.14. The number of hydrogen-bond donors (Lipinski definition) is 3. The number of nitrogens with one attached hydrogen (secondary N) is 2. The van der Waals surface area contributed by atoms with E-state index in [1.165, 1.54) is 33.8 Å². The summed E-state index contributed by atoms with van der Waals surface area (Å²) in [6.45, 7) is 13.5. The first-order chi connectivity index (χ1) is 22.1. The molecule has 4 rings (SSSR count). The number of anilines is 1. The molecule has 1 aliphatic rings. The molecule has 256 valence electrons. The zero-order valence-corrected chi connectivity index (χ0v) is 29.2. The number of carbonyl (C=O) groups excluding carboxylic acids is 1. The molecule has 0 radical (unpaired) electrons. The second-order valence-corrected chi connectivity index (χ2v) is 15.1. The largest absolute Gasteiger partial charge is 0.476 e. The molecule has 1 saturated heterocycles. The highest BCUT2D eigenvalue weighted by atomic mass is 35.5. The molecule has 0 aromatic carbocycles. The summed E-state index contributed by atoms with van der Waals surface area (Å²) >= 11 is 6.31. The third kappa shape index (κ3) is 8.92. The van der Waals surface area contributed by atoms with Crippen molar-refractivity contribution in [2.75, 3.05) is 18.5 Å². The molecule has 3 aromatic rings. The molecule has 3 aromatic heterocycles. The Morgan fingerprint density at radius 3 is 2.49 bits per heavy atom. The van der Waals surface area contributed by atoms with Crippen LogP contribution in [0.3, 0.4) is 0 Å². The normalized spacial score (nSPS) is 16.2. The van der Waals surface area contributed by atoms with Crippen molar-refractivity contribution in [3.8, 4) is 11.7 Å². The minimum atomic E-state index is -4.35. The third-order valence-corrected chi connectivity index (χ3v) is 10.1. The third-order valence-electron chi connectivity index (χ3n) is 8.57. The van der Waals surface area contributed by atoms with Crippen LogP contribution in [-0.2, 0) is 10.0 Å². The van der Waals surface area contributed by atoms with Crippen LogP contribution in [0, 0.1) is 17.8 Å². The van der Waals surface area contributed by atoms with Crippen molar-refractivity contribution in [3.63, 3.8) is 0 Å². The van der Waals surface area contributed by atoms with E-state index >= 15 is 0 Å². The van der Waals surface area contributed by atoms with Crippen LogP contribution in [0.25, 0.3) is 5.82 Å². The van der Waals surface area contributed by atoms with Gasteiger partial charge >= 0.3 is 6.09 Å². The maximum Gasteiger partial charge on any atom is 0.407 e. The molecular weight excluding hydrogens is 646 g/mol. The number of rotatable bonds is 14. The molecule has 0 bridgehead atoms. The van der Waals surface area contributed by atoms with E-state index < -0.39 is 27.6 Å². The van der Waals surface area contributed by atoms with Gasteiger partial charge in [0.25, 0.3) is 15.9 Å². The van der Waals surface area contributed by atoms with Crippen molar-refractivity contribution < 1.29 is 27.9 Å². The Morgan fingerprint density at radius 1 is 1.11 bits per heavy atom. The number of amides is 2. The monoisotopic (exact) mass is 689 g/mol. The quantitative estimate of drug-likeness (QED) is 0.138. The van der Waals surface area contributed by atoms with Gasteiger partial charge in [0.1, 0.15) is 11.0 Å². The molecule has 0 spiro atoms. The number of halogens is 1. The van der Waals surface area contributed by atoms with Crippen molar-refractivity contribution in [1.29, 1.82) is 0 Å². The Bertz CT molecular complexity index is 1670. The first-order valence-electron chi connectivity index (χ1n) is 15.7. The number of ether oxygens (including phenoxy) is 1. The van der Waals surface area contributed by atoms with Crippen LogP contribution in [0.15, 0.2) is 47.6 Å². The summed E-state index contributed by atoms with van der Waals surface area (Å²) in [6.07, 6.45) is 3.65. The van der Waals surface area contributed by atoms with E-state index in [0.717, 1.165) is 12.8 Å². The molecule has 47 heavy (non-hydrogen) atoms. The molecule has 0 saturated carbocycles. The average molecular weight is 690 g/mol. The van der Waals surface area contributed by atoms with E-state index in [0.29, 0.717) is 61.3 Å². The van der Waals surface area contributed by atoms with Crippen LogP contribution in [0.4, 0.5) is 10.6 Å². The van der Waals surface area contributed by atoms with Gasteiger partial charge in [-0.05, 0) is 81.5 Å². The van der Waals surface area contributed by atoms with Gasteiger partial charge in [0.15, 0.2) is 10.8 Å². The Hall–Kier alpha value is -3.91. The van der Waals surface area contributed by atoms with Crippen molar-refractivity contribution >= 4 is 39.4 Å². The Balaban J connectivity index is 1.34. The van der Waals surface area contributed by atoms with E-state index in [9.17, 15) is 23.1 Å². The molecular formula is C32H44ClN7O6S. The summed E-state index contributed by atoms with van der Waals surface area (Å²) in [5, 5.41) is 16.5. The lowest BCUT2D eigenvalue weighted by Crippen LogP contribution is -2.46. The van der Waals surface area contributed by atoms with E-state index in [1.807, 2.05) is 18.6 Å². The van der Waals surface area contributed by atoms with Crippen molar-refractivity contribution in [2.45, 2.75) is 83.8 Å². The fourth-order valence-electron chi connectivity index (χ4n) is 5.97. The number of aromatic nitrogens is 4. The standard InChI is InChI=1S/C32H44ClN7O6S/c1-20(2)24(21(3)4)19-46-27-15-18-39(37-27)26-13-12-23(29(33)36-26)30(41)38-47(44,45)28-11-7-10-25(35-28)34-17-8-9-22-14-16-32(5,6)40(22)31(42)43/h7,10-13,15,18,20-22,24H,8-9,14,16-17,19H2,1-6H3,(H,34,35)(H,38,41)(H,42,43)/t22-/m0/s1. The zero-order valence-electron chi connectivity index (χ0n) is 27.6. The highest BCUT2D eigenvalue weighted by molar-refractivity contribution is 7.90. The van der Waals surface area contributed by atoms with Crippen LogP contribution in [0.2, 0.25) is 5.15 Å². The predicted molar refractivity (Wildman–Crippen MR) is 179 cm³/mol. The molecule has 0 aliphatic carbocycles. The number of carbonyl (C=O) groups is 2. The van der Waals surface area contributed by atoms with Crippen LogP contribution in [0.5, 0.6) is 5.88 Å². The zero-order chi connectivity index (χ0) is 34.5.